The molecule has 1 nitrogen and oxygen atoms in total. The Morgan fingerprint density at radius 3 is 1.65 bits per heavy atom. The molecule has 0 N–H and O–H groups in total. The van der Waals surface area contributed by atoms with E-state index in [1.54, 1.807) is 5.57 Å². The molecule has 5 aliphatic carbocycles. The highest BCUT2D eigenvalue weighted by molar-refractivity contribution is 5.98. The largest absolute Gasteiger partial charge is 0.310 e. The van der Waals surface area contributed by atoms with Crippen LogP contribution in [0.4, 0.5) is 17.1 Å². The number of allylic oxidation sites excluding steroid dienone is 4. The molecule has 1 spiro atoms. The van der Waals surface area contributed by atoms with Crippen molar-refractivity contribution in [1.82, 2.24) is 0 Å². The van der Waals surface area contributed by atoms with Gasteiger partial charge in [0.2, 0.25) is 0 Å². The predicted octanol–water partition coefficient (Wildman–Crippen LogP) is 13.7. The van der Waals surface area contributed by atoms with Gasteiger partial charge in [0.15, 0.2) is 0 Å². The monoisotopic (exact) mass is 703 g/mol. The summed E-state index contributed by atoms with van der Waals surface area (Å²) < 4.78 is 0. The normalized spacial score (nSPS) is 19.3. The standard InChI is InChI=1S/C54H41N/c1-33-16-18-34(19-17-33)35-20-23-37(24-21-35)55(38-25-27-43-40-10-4-7-13-46(40)53(2,3)50(43)31-38)39-26-28-44-51(32-39)54(49-29-22-36-30-45(36)52(44)49)47-14-8-5-11-41(47)42-12-6-9-15-48(42)54/h4-29,31-32,36,45H,30H2,1-3H3. The Kier molecular flexibility index (Phi) is 6.21. The molecule has 7 aromatic rings. The number of hydrogen-bond donors (Lipinski definition) is 0. The molecule has 0 radical (unpaired) electrons. The van der Waals surface area contributed by atoms with Crippen LogP contribution in [-0.4, -0.2) is 0 Å². The molecule has 1 fully saturated rings. The summed E-state index contributed by atoms with van der Waals surface area (Å²) in [5.74, 6) is 1.27. The van der Waals surface area contributed by atoms with Crippen molar-refractivity contribution in [3.05, 3.63) is 214 Å². The molecular formula is C54H41N. The molecular weight excluding hydrogens is 663 g/mol. The van der Waals surface area contributed by atoms with E-state index in [9.17, 15) is 0 Å². The highest BCUT2D eigenvalue weighted by Crippen LogP contribution is 2.68. The molecule has 0 heterocycles. The van der Waals surface area contributed by atoms with Gasteiger partial charge in [0, 0.05) is 22.5 Å². The first-order chi connectivity index (χ1) is 26.9. The van der Waals surface area contributed by atoms with E-state index in [0.717, 1.165) is 5.69 Å². The van der Waals surface area contributed by atoms with Crippen LogP contribution in [0.15, 0.2) is 175 Å². The second kappa shape index (κ2) is 11.0. The second-order valence-corrected chi connectivity index (χ2v) is 16.9. The van der Waals surface area contributed by atoms with Crippen molar-refractivity contribution in [3.8, 4) is 33.4 Å². The van der Waals surface area contributed by atoms with E-state index in [-0.39, 0.29) is 10.8 Å². The molecule has 5 aliphatic rings. The molecule has 12 rings (SSSR count). The van der Waals surface area contributed by atoms with E-state index in [1.807, 2.05) is 0 Å². The number of hydrogen-bond acceptors (Lipinski definition) is 1. The zero-order valence-electron chi connectivity index (χ0n) is 31.5. The molecule has 2 unspecified atom stereocenters. The maximum atomic E-state index is 2.55. The smallest absolute Gasteiger partial charge is 0.0723 e. The zero-order valence-corrected chi connectivity index (χ0v) is 31.5. The summed E-state index contributed by atoms with van der Waals surface area (Å²) >= 11 is 0. The van der Waals surface area contributed by atoms with Crippen LogP contribution >= 0.6 is 0 Å². The van der Waals surface area contributed by atoms with Crippen LogP contribution < -0.4 is 4.90 Å². The SMILES string of the molecule is Cc1ccc(-c2ccc(N(c3ccc4c(c3)C(C)(C)c3ccccc3-4)c3ccc4c(c3)C3(C5=C4C4CC4C=C5)c4ccccc4-c4ccccc43)cc2)cc1. The van der Waals surface area contributed by atoms with E-state index in [2.05, 4.69) is 196 Å². The highest BCUT2D eigenvalue weighted by Gasteiger charge is 2.57. The first-order valence-electron chi connectivity index (χ1n) is 19.9. The van der Waals surface area contributed by atoms with Gasteiger partial charge in [-0.15, -0.1) is 0 Å². The van der Waals surface area contributed by atoms with Crippen molar-refractivity contribution in [1.29, 1.82) is 0 Å². The molecule has 0 aromatic heterocycles. The molecule has 55 heavy (non-hydrogen) atoms. The van der Waals surface area contributed by atoms with Crippen LogP contribution in [0.2, 0.25) is 0 Å². The number of benzene rings is 7. The van der Waals surface area contributed by atoms with E-state index < -0.39 is 0 Å². The Labute approximate surface area is 324 Å². The van der Waals surface area contributed by atoms with Crippen LogP contribution in [-0.2, 0) is 10.8 Å². The fourth-order valence-corrected chi connectivity index (χ4v) is 10.9. The summed E-state index contributed by atoms with van der Waals surface area (Å²) in [7, 11) is 0. The van der Waals surface area contributed by atoms with E-state index in [4.69, 9.17) is 0 Å². The lowest BCUT2D eigenvalue weighted by molar-refractivity contribution is 0.660. The molecule has 0 amide bonds. The predicted molar refractivity (Wildman–Crippen MR) is 228 cm³/mol. The first kappa shape index (κ1) is 31.2. The van der Waals surface area contributed by atoms with Crippen LogP contribution in [0.1, 0.15) is 59.2 Å². The number of aryl methyl sites for hydroxylation is 1. The summed E-state index contributed by atoms with van der Waals surface area (Å²) in [6.07, 6.45) is 6.26. The van der Waals surface area contributed by atoms with Gasteiger partial charge in [0.1, 0.15) is 0 Å². The van der Waals surface area contributed by atoms with E-state index >= 15 is 0 Å². The summed E-state index contributed by atoms with van der Waals surface area (Å²) in [6, 6.07) is 60.0. The molecule has 262 valence electrons. The third-order valence-corrected chi connectivity index (χ3v) is 13.7. The average molecular weight is 704 g/mol. The Morgan fingerprint density at radius 1 is 0.491 bits per heavy atom. The first-order valence-corrected chi connectivity index (χ1v) is 19.9. The van der Waals surface area contributed by atoms with Crippen molar-refractivity contribution in [2.75, 3.05) is 4.90 Å². The summed E-state index contributed by atoms with van der Waals surface area (Å²) in [4.78, 5) is 2.51. The lowest BCUT2D eigenvalue weighted by atomic mass is 9.69. The molecule has 1 heteroatoms. The van der Waals surface area contributed by atoms with Gasteiger partial charge in [0.25, 0.3) is 0 Å². The van der Waals surface area contributed by atoms with Crippen molar-refractivity contribution in [2.45, 2.75) is 38.0 Å². The molecule has 0 aliphatic heterocycles. The molecule has 2 atom stereocenters. The minimum atomic E-state index is -0.347. The molecule has 7 aromatic carbocycles. The minimum Gasteiger partial charge on any atom is -0.310 e. The van der Waals surface area contributed by atoms with Crippen molar-refractivity contribution < 1.29 is 0 Å². The summed E-state index contributed by atoms with van der Waals surface area (Å²) in [5, 5.41) is 0. The van der Waals surface area contributed by atoms with Crippen LogP contribution in [0.5, 0.6) is 0 Å². The Balaban J connectivity index is 1.09. The summed E-state index contributed by atoms with van der Waals surface area (Å²) in [5.41, 5.74) is 23.7. The number of anilines is 3. The van der Waals surface area contributed by atoms with Crippen molar-refractivity contribution in [2.24, 2.45) is 11.8 Å². The molecule has 0 saturated heterocycles. The zero-order chi connectivity index (χ0) is 36.6. The number of nitrogens with zero attached hydrogens (tertiary/aromatic N) is 1. The Morgan fingerprint density at radius 2 is 1.00 bits per heavy atom. The van der Waals surface area contributed by atoms with E-state index in [1.165, 1.54) is 95.7 Å². The van der Waals surface area contributed by atoms with Gasteiger partial charge in [-0.05, 0) is 139 Å². The average Bonchev–Trinajstić information content (AvgIpc) is 3.82. The quantitative estimate of drug-likeness (QED) is 0.176. The summed E-state index contributed by atoms with van der Waals surface area (Å²) in [6.45, 7) is 6.91. The van der Waals surface area contributed by atoms with Gasteiger partial charge in [-0.25, -0.2) is 0 Å². The van der Waals surface area contributed by atoms with Gasteiger partial charge >= 0.3 is 0 Å². The van der Waals surface area contributed by atoms with Crippen LogP contribution in [0.3, 0.4) is 0 Å². The molecule has 1 saturated carbocycles. The van der Waals surface area contributed by atoms with Gasteiger partial charge in [-0.3, -0.25) is 0 Å². The third kappa shape index (κ3) is 4.13. The lowest BCUT2D eigenvalue weighted by Crippen LogP contribution is -2.27. The maximum Gasteiger partial charge on any atom is 0.0723 e. The second-order valence-electron chi connectivity index (χ2n) is 16.9. The fraction of sp³-hybridized carbons (Fsp3) is 0.148. The third-order valence-electron chi connectivity index (χ3n) is 13.7. The Bertz CT molecular complexity index is 2780. The maximum absolute atomic E-state index is 2.55. The van der Waals surface area contributed by atoms with Gasteiger partial charge in [-0.2, -0.15) is 0 Å². The van der Waals surface area contributed by atoms with E-state index in [0.29, 0.717) is 11.8 Å². The van der Waals surface area contributed by atoms with Gasteiger partial charge < -0.3 is 4.90 Å². The van der Waals surface area contributed by atoms with Crippen LogP contribution in [0.25, 0.3) is 39.0 Å². The van der Waals surface area contributed by atoms with Crippen molar-refractivity contribution in [3.63, 3.8) is 0 Å². The van der Waals surface area contributed by atoms with Crippen molar-refractivity contribution >= 4 is 22.6 Å². The fourth-order valence-electron chi connectivity index (χ4n) is 10.9. The number of fused-ring (bicyclic) bond motifs is 14. The Hall–Kier alpha value is -6.18. The molecule has 0 bridgehead atoms. The van der Waals surface area contributed by atoms with Gasteiger partial charge in [-0.1, -0.05) is 153 Å². The van der Waals surface area contributed by atoms with Crippen LogP contribution in [0, 0.1) is 18.8 Å². The lowest BCUT2D eigenvalue weighted by Gasteiger charge is -2.33. The topological polar surface area (TPSA) is 3.24 Å². The van der Waals surface area contributed by atoms with Gasteiger partial charge in [0.05, 0.1) is 5.41 Å². The minimum absolute atomic E-state index is 0.0989. The number of rotatable bonds is 4. The highest BCUT2D eigenvalue weighted by atomic mass is 15.1.